The third-order valence-electron chi connectivity index (χ3n) is 4.70. The molecule has 146 valence electrons. The second kappa shape index (κ2) is 6.71. The summed E-state index contributed by atoms with van der Waals surface area (Å²) >= 11 is 0. The minimum Gasteiger partial charge on any atom is -0.595 e. The highest BCUT2D eigenvalue weighted by atomic mass is 16.8. The molecule has 1 aliphatic heterocycles. The Balaban J connectivity index is 2.29. The Labute approximate surface area is 159 Å². The van der Waals surface area contributed by atoms with Crippen LogP contribution in [0, 0.1) is 5.21 Å². The predicted molar refractivity (Wildman–Crippen MR) is 97.8 cm³/mol. The first kappa shape index (κ1) is 18.1. The third kappa shape index (κ3) is 2.56. The average Bonchev–Trinajstić information content (AvgIpc) is 3.19. The molecule has 0 aliphatic carbocycles. The molecule has 0 amide bonds. The van der Waals surface area contributed by atoms with Gasteiger partial charge in [0, 0.05) is 28.3 Å². The Kier molecular flexibility index (Phi) is 4.34. The van der Waals surface area contributed by atoms with Crippen molar-refractivity contribution in [3.63, 3.8) is 0 Å². The summed E-state index contributed by atoms with van der Waals surface area (Å²) in [6.07, 6.45) is 0. The van der Waals surface area contributed by atoms with Crippen molar-refractivity contribution in [3.8, 4) is 23.0 Å². The number of fused-ring (bicyclic) bond motifs is 5. The minimum absolute atomic E-state index is 0.0467. The molecule has 3 aromatic rings. The van der Waals surface area contributed by atoms with E-state index in [1.165, 1.54) is 33.5 Å². The monoisotopic (exact) mass is 387 g/mol. The fourth-order valence-corrected chi connectivity index (χ4v) is 3.48. The molecule has 4 rings (SSSR count). The molecule has 2 N–H and O–H groups in total. The molecule has 0 saturated heterocycles. The van der Waals surface area contributed by atoms with Crippen LogP contribution in [0.3, 0.4) is 0 Å². The van der Waals surface area contributed by atoms with E-state index < -0.39 is 11.2 Å². The number of hydrogen-bond donors (Lipinski definition) is 2. The molecule has 0 radical (unpaired) electrons. The van der Waals surface area contributed by atoms with E-state index in [0.29, 0.717) is 39.2 Å². The summed E-state index contributed by atoms with van der Waals surface area (Å²) < 4.78 is 26.7. The molecule has 1 aliphatic rings. The number of benzene rings is 3. The number of rotatable bonds is 4. The Morgan fingerprint density at radius 2 is 1.86 bits per heavy atom. The van der Waals surface area contributed by atoms with Gasteiger partial charge in [-0.05, 0) is 12.1 Å². The fourth-order valence-electron chi connectivity index (χ4n) is 3.48. The van der Waals surface area contributed by atoms with Gasteiger partial charge in [-0.1, -0.05) is 0 Å². The second-order valence-corrected chi connectivity index (χ2v) is 6.05. The highest BCUT2D eigenvalue weighted by Crippen LogP contribution is 2.48. The average molecular weight is 387 g/mol. The van der Waals surface area contributed by atoms with Crippen LogP contribution in [-0.2, 0) is 4.74 Å². The van der Waals surface area contributed by atoms with Crippen molar-refractivity contribution in [1.29, 1.82) is 0 Å². The van der Waals surface area contributed by atoms with Gasteiger partial charge in [-0.3, -0.25) is 0 Å². The van der Waals surface area contributed by atoms with E-state index in [1.807, 2.05) is 0 Å². The number of carbonyl (C=O) groups is 1. The molecular formula is C19H17NO8. The molecule has 3 aromatic carbocycles. The molecule has 9 nitrogen and oxygen atoms in total. The summed E-state index contributed by atoms with van der Waals surface area (Å²) in [5, 5.41) is 22.5. The molecule has 9 heteroatoms. The Bertz CT molecular complexity index is 1110. The lowest BCUT2D eigenvalue weighted by Crippen LogP contribution is -2.99. The molecule has 1 unspecified atom stereocenters. The zero-order valence-electron chi connectivity index (χ0n) is 15.3. The lowest BCUT2D eigenvalue weighted by molar-refractivity contribution is -0.990. The number of esters is 1. The number of carbonyl (C=O) groups excluding carboxylic acids is 1. The molecule has 0 bridgehead atoms. The third-order valence-corrected chi connectivity index (χ3v) is 4.70. The van der Waals surface area contributed by atoms with Crippen LogP contribution < -0.4 is 24.2 Å². The van der Waals surface area contributed by atoms with E-state index in [2.05, 4.69) is 0 Å². The Hall–Kier alpha value is -3.27. The van der Waals surface area contributed by atoms with Crippen LogP contribution in [-0.4, -0.2) is 39.3 Å². The summed E-state index contributed by atoms with van der Waals surface area (Å²) in [4.78, 5) is 12.4. The molecule has 0 aromatic heterocycles. The van der Waals surface area contributed by atoms with Crippen molar-refractivity contribution in [2.24, 2.45) is 0 Å². The normalized spacial score (nSPS) is 13.6. The topological polar surface area (TPSA) is 111 Å². The van der Waals surface area contributed by atoms with Gasteiger partial charge in [-0.15, -0.1) is 0 Å². The van der Waals surface area contributed by atoms with Crippen molar-refractivity contribution < 1.29 is 38.9 Å². The van der Waals surface area contributed by atoms with Gasteiger partial charge in [0.25, 0.3) is 0 Å². The van der Waals surface area contributed by atoms with E-state index >= 15 is 0 Å². The molecule has 0 spiro atoms. The summed E-state index contributed by atoms with van der Waals surface area (Å²) in [6.45, 7) is -0.0467. The second-order valence-electron chi connectivity index (χ2n) is 6.05. The van der Waals surface area contributed by atoms with E-state index in [0.717, 1.165) is 0 Å². The highest BCUT2D eigenvalue weighted by Gasteiger charge is 2.29. The maximum Gasteiger partial charge on any atom is 0.338 e. The van der Waals surface area contributed by atoms with Crippen LogP contribution in [0.5, 0.6) is 23.0 Å². The summed E-state index contributed by atoms with van der Waals surface area (Å²) in [7, 11) is 4.22. The van der Waals surface area contributed by atoms with Crippen molar-refractivity contribution >= 4 is 33.2 Å². The quantitative estimate of drug-likeness (QED) is 0.397. The zero-order chi connectivity index (χ0) is 20.0. The van der Waals surface area contributed by atoms with Gasteiger partial charge in [0.2, 0.25) is 6.79 Å². The molecule has 0 saturated carbocycles. The zero-order valence-corrected chi connectivity index (χ0v) is 15.3. The van der Waals surface area contributed by atoms with E-state index in [1.54, 1.807) is 12.1 Å². The minimum atomic E-state index is -1.20. The molecule has 1 heterocycles. The Morgan fingerprint density at radius 1 is 1.07 bits per heavy atom. The van der Waals surface area contributed by atoms with Gasteiger partial charge in [0.05, 0.1) is 32.3 Å². The van der Waals surface area contributed by atoms with E-state index in [4.69, 9.17) is 23.7 Å². The maximum atomic E-state index is 12.4. The largest absolute Gasteiger partial charge is 0.595 e. The standard InChI is InChI=1S/C19H17NO8/c1-24-9-4-11-10(14(5-9)25-2)6-13(20(22)23)16-12(19(21)26-3)7-15-18(17(11)16)28-8-27-15/h4-7,20,22H,8H2,1-3H3. The summed E-state index contributed by atoms with van der Waals surface area (Å²) in [6, 6.07) is 6.29. The van der Waals surface area contributed by atoms with Crippen molar-refractivity contribution in [3.05, 3.63) is 35.0 Å². The van der Waals surface area contributed by atoms with Gasteiger partial charge in [0.1, 0.15) is 11.5 Å². The van der Waals surface area contributed by atoms with Crippen molar-refractivity contribution in [2.45, 2.75) is 0 Å². The van der Waals surface area contributed by atoms with E-state index in [-0.39, 0.29) is 23.4 Å². The predicted octanol–water partition coefficient (Wildman–Crippen LogP) is 1.93. The SMILES string of the molecule is COC(=O)c1cc2c(c3c1c([NH+]([O-])O)cc1c(OC)cc(OC)cc13)OCO2. The van der Waals surface area contributed by atoms with E-state index in [9.17, 15) is 15.2 Å². The van der Waals surface area contributed by atoms with Gasteiger partial charge in [-0.25, -0.2) is 10.0 Å². The lowest BCUT2D eigenvalue weighted by Gasteiger charge is -2.19. The summed E-state index contributed by atoms with van der Waals surface area (Å²) in [5.41, 5.74) is -0.00694. The van der Waals surface area contributed by atoms with Crippen LogP contribution in [0.4, 0.5) is 5.69 Å². The first-order valence-electron chi connectivity index (χ1n) is 8.26. The molecule has 1 atom stereocenters. The molecular weight excluding hydrogens is 370 g/mol. The van der Waals surface area contributed by atoms with Gasteiger partial charge in [0.15, 0.2) is 17.2 Å². The number of methoxy groups -OCH3 is 3. The highest BCUT2D eigenvalue weighted by molar-refractivity contribution is 6.22. The van der Waals surface area contributed by atoms with Gasteiger partial charge >= 0.3 is 5.97 Å². The van der Waals surface area contributed by atoms with Crippen LogP contribution in [0.15, 0.2) is 24.3 Å². The lowest BCUT2D eigenvalue weighted by atomic mass is 9.94. The fraction of sp³-hybridized carbons (Fsp3) is 0.211. The van der Waals surface area contributed by atoms with Crippen molar-refractivity contribution in [1.82, 2.24) is 0 Å². The van der Waals surface area contributed by atoms with Crippen LogP contribution in [0.1, 0.15) is 10.4 Å². The first-order chi connectivity index (χ1) is 13.5. The van der Waals surface area contributed by atoms with Crippen LogP contribution in [0.25, 0.3) is 21.5 Å². The smallest absolute Gasteiger partial charge is 0.338 e. The number of quaternary nitrogens is 1. The molecule has 28 heavy (non-hydrogen) atoms. The van der Waals surface area contributed by atoms with Crippen LogP contribution in [0.2, 0.25) is 0 Å². The maximum absolute atomic E-state index is 12.4. The first-order valence-corrected chi connectivity index (χ1v) is 8.26. The van der Waals surface area contributed by atoms with Crippen LogP contribution >= 0.6 is 0 Å². The number of nitrogens with one attached hydrogen (secondary N) is 1. The van der Waals surface area contributed by atoms with Gasteiger partial charge < -0.3 is 28.9 Å². The number of hydrogen-bond acceptors (Lipinski definition) is 8. The number of ether oxygens (including phenoxy) is 5. The van der Waals surface area contributed by atoms with Crippen molar-refractivity contribution in [2.75, 3.05) is 28.1 Å². The summed E-state index contributed by atoms with van der Waals surface area (Å²) in [5.74, 6) is 0.935. The van der Waals surface area contributed by atoms with Gasteiger partial charge in [-0.2, -0.15) is 5.23 Å². The molecule has 0 fully saturated rings. The Morgan fingerprint density at radius 3 is 2.50 bits per heavy atom.